The zero-order valence-corrected chi connectivity index (χ0v) is 20.7. The number of hydrogen-bond acceptors (Lipinski definition) is 5. The van der Waals surface area contributed by atoms with Crippen LogP contribution >= 0.6 is 0 Å². The number of nitrogens with one attached hydrogen (secondary N) is 1. The molecule has 2 aliphatic rings. The molecule has 8 nitrogen and oxygen atoms in total. The number of amides is 1. The minimum Gasteiger partial charge on any atom is -0.369 e. The molecule has 2 aromatic rings. The highest BCUT2D eigenvalue weighted by Gasteiger charge is 2.26. The first-order valence-electron chi connectivity index (χ1n) is 12.1. The van der Waals surface area contributed by atoms with Crippen molar-refractivity contribution in [2.75, 3.05) is 55.4 Å². The average Bonchev–Trinajstić information content (AvgIpc) is 2.85. The summed E-state index contributed by atoms with van der Waals surface area (Å²) in [6.07, 6.45) is 7.56. The lowest BCUT2D eigenvalue weighted by Gasteiger charge is -2.38. The molecule has 2 N–H and O–H groups in total. The molecule has 184 valence electrons. The number of nitrogens with zero attached hydrogens (tertiary/aromatic N) is 4. The Balaban J connectivity index is 1.19. The van der Waals surface area contributed by atoms with Gasteiger partial charge >= 0.3 is 0 Å². The minimum absolute atomic E-state index is 0.242. The number of likely N-dealkylation sites (tertiary alicyclic amines) is 1. The number of carbonyl (C=O) groups is 1. The summed E-state index contributed by atoms with van der Waals surface area (Å²) in [5, 5.41) is 0. The Morgan fingerprint density at radius 2 is 1.79 bits per heavy atom. The van der Waals surface area contributed by atoms with Crippen molar-refractivity contribution in [2.24, 2.45) is 5.92 Å². The SMILES string of the molecule is Cc1ccc(NS(=O)O)c(CCC2CCN(C(=O)CN3CCN(c4ccncc4)CC3)CC2)c1. The van der Waals surface area contributed by atoms with Crippen LogP contribution in [0.5, 0.6) is 0 Å². The molecule has 1 aromatic carbocycles. The normalized spacial score (nSPS) is 18.6. The second-order valence-corrected chi connectivity index (χ2v) is 10.0. The predicted octanol–water partition coefficient (Wildman–Crippen LogP) is 2.93. The fourth-order valence-corrected chi connectivity index (χ4v) is 5.35. The fraction of sp³-hybridized carbons (Fsp3) is 0.520. The Bertz CT molecular complexity index is 974. The highest BCUT2D eigenvalue weighted by molar-refractivity contribution is 7.80. The number of carbonyl (C=O) groups excluding carboxylic acids is 1. The summed E-state index contributed by atoms with van der Waals surface area (Å²) in [6.45, 7) is 7.84. The smallest absolute Gasteiger partial charge is 0.259 e. The van der Waals surface area contributed by atoms with E-state index in [1.807, 2.05) is 48.5 Å². The van der Waals surface area contributed by atoms with Gasteiger partial charge in [0.15, 0.2) is 0 Å². The summed E-state index contributed by atoms with van der Waals surface area (Å²) >= 11 is -2.07. The number of aryl methyl sites for hydroxylation is 2. The van der Waals surface area contributed by atoms with E-state index < -0.39 is 11.3 Å². The van der Waals surface area contributed by atoms with Crippen molar-refractivity contribution in [3.05, 3.63) is 53.9 Å². The van der Waals surface area contributed by atoms with Gasteiger partial charge in [0, 0.05) is 57.3 Å². The number of pyridine rings is 1. The molecule has 0 spiro atoms. The number of piperazine rings is 1. The van der Waals surface area contributed by atoms with Crippen molar-refractivity contribution in [2.45, 2.75) is 32.6 Å². The van der Waals surface area contributed by atoms with Crippen LogP contribution in [0.2, 0.25) is 0 Å². The lowest BCUT2D eigenvalue weighted by molar-refractivity contribution is -0.133. The van der Waals surface area contributed by atoms with Crippen molar-refractivity contribution in [3.8, 4) is 0 Å². The number of piperidine rings is 1. The fourth-order valence-electron chi connectivity index (χ4n) is 4.96. The highest BCUT2D eigenvalue weighted by atomic mass is 32.2. The molecule has 34 heavy (non-hydrogen) atoms. The van der Waals surface area contributed by atoms with Crippen molar-refractivity contribution >= 4 is 28.5 Å². The van der Waals surface area contributed by atoms with Crippen LogP contribution in [-0.2, 0) is 22.5 Å². The third kappa shape index (κ3) is 6.77. The molecule has 0 bridgehead atoms. The van der Waals surface area contributed by atoms with Gasteiger partial charge in [-0.05, 0) is 62.3 Å². The van der Waals surface area contributed by atoms with Gasteiger partial charge in [0.25, 0.3) is 11.3 Å². The van der Waals surface area contributed by atoms with E-state index in [9.17, 15) is 13.6 Å². The van der Waals surface area contributed by atoms with Gasteiger partial charge in [0.1, 0.15) is 0 Å². The average molecular weight is 486 g/mol. The first-order chi connectivity index (χ1) is 16.5. The Labute approximate surface area is 204 Å². The van der Waals surface area contributed by atoms with Crippen molar-refractivity contribution in [1.29, 1.82) is 0 Å². The first-order valence-corrected chi connectivity index (χ1v) is 13.2. The van der Waals surface area contributed by atoms with Crippen LogP contribution in [-0.4, -0.2) is 75.3 Å². The van der Waals surface area contributed by atoms with Gasteiger partial charge in [-0.2, -0.15) is 0 Å². The van der Waals surface area contributed by atoms with E-state index in [-0.39, 0.29) is 5.91 Å². The highest BCUT2D eigenvalue weighted by Crippen LogP contribution is 2.26. The lowest BCUT2D eigenvalue weighted by atomic mass is 9.90. The summed E-state index contributed by atoms with van der Waals surface area (Å²) < 4.78 is 23.0. The van der Waals surface area contributed by atoms with Crippen LogP contribution in [0.25, 0.3) is 0 Å². The number of aromatic nitrogens is 1. The third-order valence-corrected chi connectivity index (χ3v) is 7.40. The molecular formula is C25H35N5O3S. The van der Waals surface area contributed by atoms with E-state index in [1.54, 1.807) is 0 Å². The van der Waals surface area contributed by atoms with Gasteiger partial charge in [0.05, 0.1) is 12.2 Å². The Hall–Kier alpha value is -2.49. The van der Waals surface area contributed by atoms with E-state index in [0.717, 1.165) is 81.8 Å². The van der Waals surface area contributed by atoms with E-state index in [4.69, 9.17) is 0 Å². The molecule has 1 atom stereocenters. The summed E-state index contributed by atoms with van der Waals surface area (Å²) in [5.41, 5.74) is 4.14. The van der Waals surface area contributed by atoms with E-state index in [0.29, 0.717) is 12.5 Å². The van der Waals surface area contributed by atoms with Gasteiger partial charge in [-0.1, -0.05) is 17.7 Å². The Morgan fingerprint density at radius 3 is 2.47 bits per heavy atom. The molecular weight excluding hydrogens is 450 g/mol. The van der Waals surface area contributed by atoms with Crippen LogP contribution in [0.1, 0.15) is 30.4 Å². The standard InChI is InChI=1S/C25H35N5O3S/c1-20-2-5-24(27-34(32)33)22(18-20)4-3-21-8-12-30(13-9-21)25(31)19-28-14-16-29(17-15-28)23-6-10-26-11-7-23/h2,5-7,10-11,18,21,27H,3-4,8-9,12-17,19H2,1H3,(H,32,33). The van der Waals surface area contributed by atoms with Gasteiger partial charge in [-0.25, -0.2) is 4.21 Å². The molecule has 0 aliphatic carbocycles. The minimum atomic E-state index is -2.07. The van der Waals surface area contributed by atoms with Crippen molar-refractivity contribution in [1.82, 2.24) is 14.8 Å². The van der Waals surface area contributed by atoms with E-state index in [1.165, 1.54) is 5.69 Å². The maximum absolute atomic E-state index is 12.9. The van der Waals surface area contributed by atoms with E-state index >= 15 is 0 Å². The molecule has 2 fully saturated rings. The molecule has 2 aliphatic heterocycles. The zero-order valence-electron chi connectivity index (χ0n) is 19.9. The maximum Gasteiger partial charge on any atom is 0.259 e. The first kappa shape index (κ1) is 24.6. The molecule has 2 saturated heterocycles. The van der Waals surface area contributed by atoms with Crippen LogP contribution in [0.4, 0.5) is 11.4 Å². The molecule has 0 radical (unpaired) electrons. The summed E-state index contributed by atoms with van der Waals surface area (Å²) in [7, 11) is 0. The predicted molar refractivity (Wildman–Crippen MR) is 136 cm³/mol. The third-order valence-electron chi connectivity index (χ3n) is 7.01. The quantitative estimate of drug-likeness (QED) is 0.559. The van der Waals surface area contributed by atoms with Gasteiger partial charge in [-0.15, -0.1) is 0 Å². The summed E-state index contributed by atoms with van der Waals surface area (Å²) in [6, 6.07) is 9.98. The largest absolute Gasteiger partial charge is 0.369 e. The molecule has 9 heteroatoms. The summed E-state index contributed by atoms with van der Waals surface area (Å²) in [5.74, 6) is 0.812. The van der Waals surface area contributed by atoms with Crippen molar-refractivity contribution in [3.63, 3.8) is 0 Å². The second-order valence-electron chi connectivity index (χ2n) is 9.34. The van der Waals surface area contributed by atoms with Crippen LogP contribution in [0.15, 0.2) is 42.7 Å². The van der Waals surface area contributed by atoms with E-state index in [2.05, 4.69) is 25.6 Å². The molecule has 4 rings (SSSR count). The number of rotatable bonds is 8. The van der Waals surface area contributed by atoms with Gasteiger partial charge in [-0.3, -0.25) is 24.0 Å². The van der Waals surface area contributed by atoms with Crippen LogP contribution < -0.4 is 9.62 Å². The second kappa shape index (κ2) is 11.8. The monoisotopic (exact) mass is 485 g/mol. The molecule has 1 amide bonds. The number of anilines is 2. The molecule has 3 heterocycles. The summed E-state index contributed by atoms with van der Waals surface area (Å²) in [4.78, 5) is 23.6. The molecule has 1 aromatic heterocycles. The topological polar surface area (TPSA) is 89.0 Å². The Kier molecular flexibility index (Phi) is 8.53. The molecule has 0 saturated carbocycles. The Morgan fingerprint density at radius 1 is 1.09 bits per heavy atom. The lowest BCUT2D eigenvalue weighted by Crippen LogP contribution is -2.51. The van der Waals surface area contributed by atoms with Crippen molar-refractivity contribution < 1.29 is 13.6 Å². The zero-order chi connectivity index (χ0) is 23.9. The number of benzene rings is 1. The van der Waals surface area contributed by atoms with Crippen LogP contribution in [0, 0.1) is 12.8 Å². The van der Waals surface area contributed by atoms with Crippen LogP contribution in [0.3, 0.4) is 0 Å². The number of hydrogen-bond donors (Lipinski definition) is 2. The van der Waals surface area contributed by atoms with Gasteiger partial charge in [0.2, 0.25) is 5.91 Å². The molecule has 1 unspecified atom stereocenters. The maximum atomic E-state index is 12.9. The van der Waals surface area contributed by atoms with Gasteiger partial charge < -0.3 is 9.80 Å².